The standard InChI is InChI=1S/C18H17BrN4O2/c1-23-11-16(19)17(22-23)12-4-3-5-14(10-12)21-18(24)20-13-6-8-15(25-2)9-7-13/h3-11H,1-2H3,(H2,20,21,24). The Labute approximate surface area is 153 Å². The van der Waals surface area contributed by atoms with Gasteiger partial charge in [-0.25, -0.2) is 4.79 Å². The van der Waals surface area contributed by atoms with Gasteiger partial charge in [-0.15, -0.1) is 0 Å². The first-order valence-corrected chi connectivity index (χ1v) is 8.36. The fraction of sp³-hybridized carbons (Fsp3) is 0.111. The normalized spacial score (nSPS) is 10.4. The Morgan fingerprint density at radius 2 is 1.84 bits per heavy atom. The summed E-state index contributed by atoms with van der Waals surface area (Å²) >= 11 is 3.49. The van der Waals surface area contributed by atoms with Crippen molar-refractivity contribution in [3.63, 3.8) is 0 Å². The minimum absolute atomic E-state index is 0.317. The maximum atomic E-state index is 12.2. The van der Waals surface area contributed by atoms with Crippen LogP contribution < -0.4 is 15.4 Å². The molecule has 3 aromatic rings. The number of carbonyl (C=O) groups excluding carboxylic acids is 1. The number of methoxy groups -OCH3 is 1. The fourth-order valence-electron chi connectivity index (χ4n) is 2.37. The second-order valence-corrected chi connectivity index (χ2v) is 6.24. The zero-order valence-corrected chi connectivity index (χ0v) is 15.4. The van der Waals surface area contributed by atoms with Gasteiger partial charge >= 0.3 is 6.03 Å². The molecular weight excluding hydrogens is 384 g/mol. The zero-order valence-electron chi connectivity index (χ0n) is 13.8. The summed E-state index contributed by atoms with van der Waals surface area (Å²) in [6.07, 6.45) is 1.88. The Balaban J connectivity index is 1.71. The number of aryl methyl sites for hydroxylation is 1. The van der Waals surface area contributed by atoms with Gasteiger partial charge in [0.1, 0.15) is 11.4 Å². The average Bonchev–Trinajstić information content (AvgIpc) is 2.94. The molecule has 0 unspecified atom stereocenters. The van der Waals surface area contributed by atoms with Crippen LogP contribution in [0.25, 0.3) is 11.3 Å². The molecule has 0 saturated heterocycles. The number of amides is 2. The highest BCUT2D eigenvalue weighted by molar-refractivity contribution is 9.10. The topological polar surface area (TPSA) is 68.2 Å². The van der Waals surface area contributed by atoms with Crippen LogP contribution >= 0.6 is 15.9 Å². The number of urea groups is 1. The third-order valence-electron chi connectivity index (χ3n) is 3.53. The van der Waals surface area contributed by atoms with Crippen LogP contribution in [0.1, 0.15) is 0 Å². The molecule has 0 bridgehead atoms. The predicted octanol–water partition coefficient (Wildman–Crippen LogP) is 4.50. The SMILES string of the molecule is COc1ccc(NC(=O)Nc2cccc(-c3nn(C)cc3Br)c2)cc1. The van der Waals surface area contributed by atoms with Crippen LogP contribution in [0.4, 0.5) is 16.2 Å². The smallest absolute Gasteiger partial charge is 0.323 e. The van der Waals surface area contributed by atoms with E-state index in [0.29, 0.717) is 11.4 Å². The van der Waals surface area contributed by atoms with E-state index in [0.717, 1.165) is 21.5 Å². The molecule has 3 rings (SSSR count). The lowest BCUT2D eigenvalue weighted by atomic mass is 10.1. The molecule has 0 spiro atoms. The second-order valence-electron chi connectivity index (χ2n) is 5.39. The molecule has 25 heavy (non-hydrogen) atoms. The molecule has 1 aromatic heterocycles. The van der Waals surface area contributed by atoms with Crippen LogP contribution in [0.5, 0.6) is 5.75 Å². The van der Waals surface area contributed by atoms with E-state index in [4.69, 9.17) is 4.74 Å². The molecule has 1 heterocycles. The van der Waals surface area contributed by atoms with Gasteiger partial charge < -0.3 is 15.4 Å². The summed E-state index contributed by atoms with van der Waals surface area (Å²) in [7, 11) is 3.46. The molecule has 0 aliphatic rings. The molecule has 2 amide bonds. The van der Waals surface area contributed by atoms with Crippen molar-refractivity contribution in [2.75, 3.05) is 17.7 Å². The highest BCUT2D eigenvalue weighted by atomic mass is 79.9. The lowest BCUT2D eigenvalue weighted by molar-refractivity contribution is 0.262. The molecule has 0 aliphatic heterocycles. The third kappa shape index (κ3) is 4.19. The first kappa shape index (κ1) is 17.0. The van der Waals surface area contributed by atoms with Crippen molar-refractivity contribution in [2.45, 2.75) is 0 Å². The van der Waals surface area contributed by atoms with Crippen molar-refractivity contribution >= 4 is 33.3 Å². The van der Waals surface area contributed by atoms with Crippen LogP contribution in [0.2, 0.25) is 0 Å². The summed E-state index contributed by atoms with van der Waals surface area (Å²) in [6, 6.07) is 14.3. The van der Waals surface area contributed by atoms with E-state index in [1.165, 1.54) is 0 Å². The van der Waals surface area contributed by atoms with Gasteiger partial charge in [-0.1, -0.05) is 12.1 Å². The van der Waals surface area contributed by atoms with E-state index in [9.17, 15) is 4.79 Å². The number of benzene rings is 2. The van der Waals surface area contributed by atoms with E-state index in [-0.39, 0.29) is 6.03 Å². The van der Waals surface area contributed by atoms with Gasteiger partial charge in [0.05, 0.1) is 11.6 Å². The summed E-state index contributed by atoms with van der Waals surface area (Å²) in [5.41, 5.74) is 3.10. The third-order valence-corrected chi connectivity index (χ3v) is 4.11. The first-order valence-electron chi connectivity index (χ1n) is 7.57. The Bertz CT molecular complexity index is 890. The fourth-order valence-corrected chi connectivity index (χ4v) is 2.97. The summed E-state index contributed by atoms with van der Waals surface area (Å²) < 4.78 is 7.73. The Kier molecular flexibility index (Phi) is 5.04. The molecule has 0 radical (unpaired) electrons. The predicted molar refractivity (Wildman–Crippen MR) is 102 cm³/mol. The lowest BCUT2D eigenvalue weighted by Gasteiger charge is -2.09. The maximum Gasteiger partial charge on any atom is 0.323 e. The van der Waals surface area contributed by atoms with Crippen molar-refractivity contribution < 1.29 is 9.53 Å². The number of aromatic nitrogens is 2. The quantitative estimate of drug-likeness (QED) is 0.677. The molecule has 0 fully saturated rings. The van der Waals surface area contributed by atoms with Gasteiger partial charge in [0.2, 0.25) is 0 Å². The summed E-state index contributed by atoms with van der Waals surface area (Å²) in [5, 5.41) is 10.0. The number of hydrogen-bond acceptors (Lipinski definition) is 3. The van der Waals surface area contributed by atoms with Crippen molar-refractivity contribution in [2.24, 2.45) is 7.05 Å². The van der Waals surface area contributed by atoms with E-state index >= 15 is 0 Å². The molecule has 128 valence electrons. The number of anilines is 2. The molecule has 0 atom stereocenters. The Morgan fingerprint density at radius 1 is 1.12 bits per heavy atom. The monoisotopic (exact) mass is 400 g/mol. The van der Waals surface area contributed by atoms with Gasteiger partial charge in [-0.05, 0) is 52.3 Å². The van der Waals surface area contributed by atoms with Gasteiger partial charge in [0.15, 0.2) is 0 Å². The minimum Gasteiger partial charge on any atom is -0.497 e. The van der Waals surface area contributed by atoms with Gasteiger partial charge in [0.25, 0.3) is 0 Å². The zero-order chi connectivity index (χ0) is 17.8. The Hall–Kier alpha value is -2.80. The van der Waals surface area contributed by atoms with E-state index < -0.39 is 0 Å². The molecule has 0 aliphatic carbocycles. The van der Waals surface area contributed by atoms with Crippen molar-refractivity contribution in [3.05, 3.63) is 59.2 Å². The number of hydrogen-bond donors (Lipinski definition) is 2. The van der Waals surface area contributed by atoms with E-state index in [1.807, 2.05) is 37.5 Å². The summed E-state index contributed by atoms with van der Waals surface area (Å²) in [4.78, 5) is 12.2. The number of nitrogens with zero attached hydrogens (tertiary/aromatic N) is 2. The summed E-state index contributed by atoms with van der Waals surface area (Å²) in [5.74, 6) is 0.736. The molecule has 2 N–H and O–H groups in total. The van der Waals surface area contributed by atoms with Crippen LogP contribution in [-0.2, 0) is 7.05 Å². The van der Waals surface area contributed by atoms with E-state index in [1.54, 1.807) is 36.1 Å². The summed E-state index contributed by atoms with van der Waals surface area (Å²) in [6.45, 7) is 0. The van der Waals surface area contributed by atoms with Crippen LogP contribution in [-0.4, -0.2) is 22.9 Å². The lowest BCUT2D eigenvalue weighted by Crippen LogP contribution is -2.19. The number of nitrogens with one attached hydrogen (secondary N) is 2. The number of carbonyl (C=O) groups is 1. The van der Waals surface area contributed by atoms with Crippen molar-refractivity contribution in [1.82, 2.24) is 9.78 Å². The molecular formula is C18H17BrN4O2. The minimum atomic E-state index is -0.317. The van der Waals surface area contributed by atoms with Crippen LogP contribution in [0.15, 0.2) is 59.2 Å². The number of rotatable bonds is 4. The van der Waals surface area contributed by atoms with Gasteiger partial charge in [-0.3, -0.25) is 4.68 Å². The van der Waals surface area contributed by atoms with E-state index in [2.05, 4.69) is 31.7 Å². The largest absolute Gasteiger partial charge is 0.497 e. The highest BCUT2D eigenvalue weighted by Gasteiger charge is 2.09. The molecule has 0 saturated carbocycles. The highest BCUT2D eigenvalue weighted by Crippen LogP contribution is 2.28. The molecule has 2 aromatic carbocycles. The first-order chi connectivity index (χ1) is 12.0. The van der Waals surface area contributed by atoms with Crippen LogP contribution in [0.3, 0.4) is 0 Å². The number of ether oxygens (including phenoxy) is 1. The van der Waals surface area contributed by atoms with Crippen molar-refractivity contribution in [3.8, 4) is 17.0 Å². The van der Waals surface area contributed by atoms with Crippen LogP contribution in [0, 0.1) is 0 Å². The van der Waals surface area contributed by atoms with Gasteiger partial charge in [-0.2, -0.15) is 5.10 Å². The molecule has 6 nitrogen and oxygen atoms in total. The van der Waals surface area contributed by atoms with Gasteiger partial charge in [0, 0.05) is 30.2 Å². The van der Waals surface area contributed by atoms with Crippen molar-refractivity contribution in [1.29, 1.82) is 0 Å². The average molecular weight is 401 g/mol. The number of halogens is 1. The molecule has 7 heteroatoms. The second kappa shape index (κ2) is 7.40. The maximum absolute atomic E-state index is 12.2. The Morgan fingerprint density at radius 3 is 2.48 bits per heavy atom.